The molecule has 0 spiro atoms. The minimum absolute atomic E-state index is 0.0299. The number of halogens is 1. The van der Waals surface area contributed by atoms with Crippen LogP contribution in [-0.4, -0.2) is 27.7 Å². The second-order valence-electron chi connectivity index (χ2n) is 6.22. The molecule has 0 saturated carbocycles. The van der Waals surface area contributed by atoms with E-state index in [4.69, 9.17) is 16.7 Å². The predicted octanol–water partition coefficient (Wildman–Crippen LogP) is 5.33. The summed E-state index contributed by atoms with van der Waals surface area (Å²) in [6.45, 7) is 1.98. The lowest BCUT2D eigenvalue weighted by atomic mass is 10.0. The lowest BCUT2D eigenvalue weighted by molar-refractivity contribution is -0.113. The number of amides is 1. The summed E-state index contributed by atoms with van der Waals surface area (Å²) in [6, 6.07) is 16.0. The Morgan fingerprint density at radius 3 is 2.67 bits per heavy atom. The maximum atomic E-state index is 12.4. The molecule has 0 radical (unpaired) electrons. The van der Waals surface area contributed by atoms with Crippen LogP contribution in [0.15, 0.2) is 53.4 Å². The van der Waals surface area contributed by atoms with Crippen LogP contribution in [0, 0.1) is 6.92 Å². The highest BCUT2D eigenvalue weighted by Crippen LogP contribution is 2.44. The monoisotopic (exact) mass is 415 g/mol. The van der Waals surface area contributed by atoms with Crippen molar-refractivity contribution in [2.24, 2.45) is 0 Å². The molecular weight excluding hydrogens is 398 g/mol. The summed E-state index contributed by atoms with van der Waals surface area (Å²) < 4.78 is 1.75. The molecule has 1 unspecified atom stereocenters. The van der Waals surface area contributed by atoms with Gasteiger partial charge in [0.25, 0.3) is 0 Å². The highest BCUT2D eigenvalue weighted by molar-refractivity contribution is 8.00. The smallest absolute Gasteiger partial charge is 0.235 e. The number of hydrogen-bond acceptors (Lipinski definition) is 4. The number of benzene rings is 2. The Bertz CT molecular complexity index is 1000. The van der Waals surface area contributed by atoms with Gasteiger partial charge in [-0.2, -0.15) is 5.10 Å². The van der Waals surface area contributed by atoms with E-state index in [1.165, 1.54) is 4.90 Å². The van der Waals surface area contributed by atoms with Crippen molar-refractivity contribution in [2.75, 3.05) is 17.3 Å². The maximum Gasteiger partial charge on any atom is 0.235 e. The van der Waals surface area contributed by atoms with Gasteiger partial charge in [0, 0.05) is 10.5 Å². The van der Waals surface area contributed by atoms with E-state index in [2.05, 4.69) is 35.8 Å². The van der Waals surface area contributed by atoms with Gasteiger partial charge in [-0.1, -0.05) is 35.9 Å². The molecule has 7 heteroatoms. The van der Waals surface area contributed by atoms with Crippen LogP contribution in [0.5, 0.6) is 0 Å². The molecule has 4 nitrogen and oxygen atoms in total. The molecule has 2 aromatic carbocycles. The van der Waals surface area contributed by atoms with Gasteiger partial charge in [0.1, 0.15) is 5.82 Å². The van der Waals surface area contributed by atoms with E-state index in [9.17, 15) is 4.79 Å². The van der Waals surface area contributed by atoms with E-state index >= 15 is 0 Å². The quantitative estimate of drug-likeness (QED) is 0.587. The molecule has 0 aliphatic carbocycles. The first kappa shape index (κ1) is 18.5. The third kappa shape index (κ3) is 3.49. The molecule has 2 heterocycles. The van der Waals surface area contributed by atoms with E-state index in [1.807, 2.05) is 31.2 Å². The van der Waals surface area contributed by atoms with E-state index < -0.39 is 0 Å². The van der Waals surface area contributed by atoms with Crippen molar-refractivity contribution in [1.29, 1.82) is 0 Å². The van der Waals surface area contributed by atoms with Gasteiger partial charge < -0.3 is 5.32 Å². The van der Waals surface area contributed by atoms with Crippen molar-refractivity contribution in [3.05, 3.63) is 70.4 Å². The van der Waals surface area contributed by atoms with Gasteiger partial charge in [-0.3, -0.25) is 4.79 Å². The predicted molar refractivity (Wildman–Crippen MR) is 114 cm³/mol. The molecule has 0 bridgehead atoms. The average Bonchev–Trinajstić information content (AvgIpc) is 2.88. The second-order valence-corrected chi connectivity index (χ2v) is 8.60. The Kier molecular flexibility index (Phi) is 5.21. The zero-order chi connectivity index (χ0) is 19.0. The van der Waals surface area contributed by atoms with Gasteiger partial charge in [0.05, 0.1) is 27.4 Å². The van der Waals surface area contributed by atoms with Crippen molar-refractivity contribution >= 4 is 46.8 Å². The second kappa shape index (κ2) is 7.62. The number of rotatable bonds is 3. The summed E-state index contributed by atoms with van der Waals surface area (Å²) in [5, 5.41) is 8.37. The first-order chi connectivity index (χ1) is 13.1. The van der Waals surface area contributed by atoms with Gasteiger partial charge in [0.15, 0.2) is 0 Å². The number of carbonyl (C=O) groups is 1. The molecule has 1 aromatic heterocycles. The topological polar surface area (TPSA) is 46.9 Å². The first-order valence-electron chi connectivity index (χ1n) is 8.48. The third-order valence-corrected chi connectivity index (χ3v) is 6.84. The molecule has 4 rings (SSSR count). The fraction of sp³-hybridized carbons (Fsp3) is 0.200. The Labute approximate surface area is 171 Å². The number of carbonyl (C=O) groups excluding carboxylic acids is 1. The number of nitrogens with one attached hydrogen (secondary N) is 1. The van der Waals surface area contributed by atoms with Crippen molar-refractivity contribution in [1.82, 2.24) is 9.78 Å². The standard InChI is InChI=1S/C20H18ClN3OS2/c1-12-18-19(13-7-9-14(26-2)10-8-13)27-11-17(25)22-20(18)24(23-12)16-6-4-3-5-15(16)21/h3-10,19H,11H2,1-2H3,(H,22,25). The Hall–Kier alpha value is -1.89. The lowest BCUT2D eigenvalue weighted by Gasteiger charge is -2.16. The number of hydrogen-bond donors (Lipinski definition) is 1. The maximum absolute atomic E-state index is 12.4. The third-order valence-electron chi connectivity index (χ3n) is 4.51. The van der Waals surface area contributed by atoms with Crippen LogP contribution >= 0.6 is 35.1 Å². The van der Waals surface area contributed by atoms with Crippen molar-refractivity contribution in [3.63, 3.8) is 0 Å². The van der Waals surface area contributed by atoms with Crippen molar-refractivity contribution < 1.29 is 4.79 Å². The Morgan fingerprint density at radius 2 is 1.96 bits per heavy atom. The number of aromatic nitrogens is 2. The largest absolute Gasteiger partial charge is 0.310 e. The molecule has 138 valence electrons. The molecular formula is C20H18ClN3OS2. The summed E-state index contributed by atoms with van der Waals surface area (Å²) in [7, 11) is 0. The highest BCUT2D eigenvalue weighted by atomic mass is 35.5. The Morgan fingerprint density at radius 1 is 1.22 bits per heavy atom. The van der Waals surface area contributed by atoms with Crippen LogP contribution in [0.25, 0.3) is 5.69 Å². The van der Waals surface area contributed by atoms with E-state index in [0.717, 1.165) is 22.5 Å². The molecule has 1 aliphatic heterocycles. The number of anilines is 1. The fourth-order valence-electron chi connectivity index (χ4n) is 3.22. The normalized spacial score (nSPS) is 16.6. The van der Waals surface area contributed by atoms with Crippen molar-refractivity contribution in [3.8, 4) is 5.69 Å². The first-order valence-corrected chi connectivity index (χ1v) is 11.1. The van der Waals surface area contributed by atoms with Crippen LogP contribution in [0.2, 0.25) is 5.02 Å². The Balaban J connectivity index is 1.87. The lowest BCUT2D eigenvalue weighted by Crippen LogP contribution is -2.16. The van der Waals surface area contributed by atoms with Gasteiger partial charge in [-0.15, -0.1) is 23.5 Å². The highest BCUT2D eigenvalue weighted by Gasteiger charge is 2.30. The summed E-state index contributed by atoms with van der Waals surface area (Å²) in [5.74, 6) is 1.07. The van der Waals surface area contributed by atoms with Crippen LogP contribution in [0.3, 0.4) is 0 Å². The summed E-state index contributed by atoms with van der Waals surface area (Å²) in [5.41, 5.74) is 3.84. The molecule has 1 atom stereocenters. The SMILES string of the molecule is CSc1ccc(C2SCC(=O)Nc3c2c(C)nn3-c2ccccc2Cl)cc1. The van der Waals surface area contributed by atoms with Gasteiger partial charge in [0.2, 0.25) is 5.91 Å². The zero-order valence-corrected chi connectivity index (χ0v) is 17.3. The molecule has 3 aromatic rings. The zero-order valence-electron chi connectivity index (χ0n) is 14.9. The minimum Gasteiger partial charge on any atom is -0.310 e. The summed E-state index contributed by atoms with van der Waals surface area (Å²) >= 11 is 9.73. The van der Waals surface area contributed by atoms with E-state index in [1.54, 1.807) is 28.2 Å². The van der Waals surface area contributed by atoms with Crippen LogP contribution in [-0.2, 0) is 4.79 Å². The molecule has 0 saturated heterocycles. The molecule has 0 fully saturated rings. The number of aryl methyl sites for hydroxylation is 1. The van der Waals surface area contributed by atoms with Gasteiger partial charge in [-0.05, 0) is 43.0 Å². The molecule has 1 N–H and O–H groups in total. The average molecular weight is 416 g/mol. The molecule has 1 amide bonds. The van der Waals surface area contributed by atoms with Gasteiger partial charge >= 0.3 is 0 Å². The summed E-state index contributed by atoms with van der Waals surface area (Å²) in [4.78, 5) is 13.6. The van der Waals surface area contributed by atoms with E-state index in [0.29, 0.717) is 16.6 Å². The summed E-state index contributed by atoms with van der Waals surface area (Å²) in [6.07, 6.45) is 2.06. The van der Waals surface area contributed by atoms with Crippen molar-refractivity contribution in [2.45, 2.75) is 17.1 Å². The number of thioether (sulfide) groups is 2. The van der Waals surface area contributed by atoms with E-state index in [-0.39, 0.29) is 11.2 Å². The molecule has 27 heavy (non-hydrogen) atoms. The van der Waals surface area contributed by atoms with Gasteiger partial charge in [-0.25, -0.2) is 4.68 Å². The fourth-order valence-corrected chi connectivity index (χ4v) is 5.04. The number of para-hydroxylation sites is 1. The van der Waals surface area contributed by atoms with Crippen LogP contribution in [0.1, 0.15) is 22.1 Å². The molecule has 1 aliphatic rings. The minimum atomic E-state index is -0.0299. The van der Waals surface area contributed by atoms with Crippen LogP contribution in [0.4, 0.5) is 5.82 Å². The number of nitrogens with zero attached hydrogens (tertiary/aromatic N) is 2. The number of fused-ring (bicyclic) bond motifs is 1. The van der Waals surface area contributed by atoms with Crippen LogP contribution < -0.4 is 5.32 Å².